The Hall–Kier alpha value is -2.04. The molecule has 0 saturated heterocycles. The number of ether oxygens (including phenoxy) is 1. The zero-order valence-corrected chi connectivity index (χ0v) is 15.0. The molecule has 0 fully saturated rings. The first-order valence-corrected chi connectivity index (χ1v) is 9.05. The molecule has 2 aromatic carbocycles. The Balaban J connectivity index is 1.67. The second-order valence-corrected chi connectivity index (χ2v) is 7.71. The van der Waals surface area contributed by atoms with E-state index < -0.39 is 0 Å². The minimum Gasteiger partial charge on any atom is -0.484 e. The van der Waals surface area contributed by atoms with Gasteiger partial charge < -0.3 is 10.1 Å². The molecule has 4 rings (SSSR count). The Kier molecular flexibility index (Phi) is 3.74. The van der Waals surface area contributed by atoms with Crippen molar-refractivity contribution in [3.05, 3.63) is 52.9 Å². The monoisotopic (exact) mass is 356 g/mol. The number of benzene rings is 2. The Morgan fingerprint density at radius 2 is 2.04 bits per heavy atom. The van der Waals surface area contributed by atoms with Crippen LogP contribution in [0.5, 0.6) is 5.75 Å². The number of nitrogens with zero attached hydrogens (tertiary/aromatic N) is 1. The van der Waals surface area contributed by atoms with Gasteiger partial charge in [-0.15, -0.1) is 11.3 Å². The summed E-state index contributed by atoms with van der Waals surface area (Å²) in [5.41, 5.74) is 3.81. The number of anilines is 1. The van der Waals surface area contributed by atoms with Gasteiger partial charge in [0.25, 0.3) is 0 Å². The van der Waals surface area contributed by atoms with Crippen molar-refractivity contribution in [2.45, 2.75) is 19.4 Å². The summed E-state index contributed by atoms with van der Waals surface area (Å²) in [7, 11) is 0. The molecule has 0 spiro atoms. The van der Waals surface area contributed by atoms with E-state index in [0.29, 0.717) is 0 Å². The summed E-state index contributed by atoms with van der Waals surface area (Å²) >= 11 is 7.88. The highest BCUT2D eigenvalue weighted by molar-refractivity contribution is 7.13. The third-order valence-corrected chi connectivity index (χ3v) is 5.18. The average Bonchev–Trinajstić information content (AvgIpc) is 3.04. The molecular formula is C19H17ClN2OS. The molecule has 5 heteroatoms. The molecule has 0 radical (unpaired) electrons. The molecule has 122 valence electrons. The predicted octanol–water partition coefficient (Wildman–Crippen LogP) is 5.71. The first-order chi connectivity index (χ1) is 11.5. The lowest BCUT2D eigenvalue weighted by atomic mass is 10.1. The number of halogens is 1. The van der Waals surface area contributed by atoms with Crippen molar-refractivity contribution in [3.8, 4) is 27.6 Å². The number of hydrogen-bond donors (Lipinski definition) is 1. The second kappa shape index (κ2) is 5.80. The van der Waals surface area contributed by atoms with Crippen LogP contribution in [0.4, 0.5) is 5.69 Å². The van der Waals surface area contributed by atoms with Gasteiger partial charge in [0.1, 0.15) is 16.4 Å². The number of rotatable bonds is 2. The summed E-state index contributed by atoms with van der Waals surface area (Å²) in [6, 6.07) is 13.9. The summed E-state index contributed by atoms with van der Waals surface area (Å²) in [6.07, 6.45) is 0. The van der Waals surface area contributed by atoms with E-state index in [1.54, 1.807) is 11.3 Å². The predicted molar refractivity (Wildman–Crippen MR) is 101 cm³/mol. The van der Waals surface area contributed by atoms with Crippen LogP contribution >= 0.6 is 22.9 Å². The molecule has 24 heavy (non-hydrogen) atoms. The first-order valence-electron chi connectivity index (χ1n) is 7.80. The lowest BCUT2D eigenvalue weighted by Crippen LogP contribution is -2.39. The number of hydrogen-bond acceptors (Lipinski definition) is 4. The molecule has 0 bridgehead atoms. The van der Waals surface area contributed by atoms with Crippen molar-refractivity contribution in [1.29, 1.82) is 0 Å². The molecular weight excluding hydrogens is 340 g/mol. The van der Waals surface area contributed by atoms with E-state index in [2.05, 4.69) is 30.6 Å². The van der Waals surface area contributed by atoms with Crippen molar-refractivity contribution in [2.75, 3.05) is 11.9 Å². The van der Waals surface area contributed by atoms with Crippen molar-refractivity contribution >= 4 is 28.6 Å². The Morgan fingerprint density at radius 1 is 1.21 bits per heavy atom. The van der Waals surface area contributed by atoms with Crippen LogP contribution in [0, 0.1) is 0 Å². The van der Waals surface area contributed by atoms with Gasteiger partial charge in [-0.1, -0.05) is 29.8 Å². The molecule has 1 aliphatic heterocycles. The number of thiazole rings is 1. The van der Waals surface area contributed by atoms with E-state index in [1.165, 1.54) is 0 Å². The van der Waals surface area contributed by atoms with Crippen molar-refractivity contribution in [1.82, 2.24) is 4.98 Å². The van der Waals surface area contributed by atoms with Crippen LogP contribution in [-0.4, -0.2) is 17.1 Å². The third-order valence-electron chi connectivity index (χ3n) is 3.97. The summed E-state index contributed by atoms with van der Waals surface area (Å²) in [5.74, 6) is 0.886. The van der Waals surface area contributed by atoms with Gasteiger partial charge >= 0.3 is 0 Å². The van der Waals surface area contributed by atoms with Gasteiger partial charge in [-0.2, -0.15) is 0 Å². The van der Waals surface area contributed by atoms with Gasteiger partial charge in [0.15, 0.2) is 0 Å². The van der Waals surface area contributed by atoms with E-state index in [-0.39, 0.29) is 5.60 Å². The van der Waals surface area contributed by atoms with Crippen LogP contribution in [0.15, 0.2) is 47.8 Å². The minimum absolute atomic E-state index is 0.188. The quantitative estimate of drug-likeness (QED) is 0.638. The van der Waals surface area contributed by atoms with Crippen LogP contribution in [0.1, 0.15) is 13.8 Å². The van der Waals surface area contributed by atoms with E-state index in [0.717, 1.165) is 44.8 Å². The largest absolute Gasteiger partial charge is 0.484 e. The summed E-state index contributed by atoms with van der Waals surface area (Å²) in [5, 5.41) is 7.16. The fourth-order valence-electron chi connectivity index (χ4n) is 2.72. The average molecular weight is 357 g/mol. The number of nitrogens with one attached hydrogen (secondary N) is 1. The number of aromatic nitrogens is 1. The minimum atomic E-state index is -0.188. The lowest BCUT2D eigenvalue weighted by molar-refractivity contribution is 0.116. The molecule has 0 unspecified atom stereocenters. The summed E-state index contributed by atoms with van der Waals surface area (Å²) in [4.78, 5) is 4.75. The van der Waals surface area contributed by atoms with Crippen molar-refractivity contribution in [3.63, 3.8) is 0 Å². The molecule has 0 aliphatic carbocycles. The van der Waals surface area contributed by atoms with Crippen LogP contribution in [0.3, 0.4) is 0 Å². The fourth-order valence-corrected chi connectivity index (χ4v) is 3.87. The Labute approximate surface area is 150 Å². The summed E-state index contributed by atoms with van der Waals surface area (Å²) < 4.78 is 6.00. The lowest BCUT2D eigenvalue weighted by Gasteiger charge is -2.33. The Bertz CT molecular complexity index is 904. The maximum Gasteiger partial charge on any atom is 0.143 e. The molecule has 2 heterocycles. The van der Waals surface area contributed by atoms with Crippen LogP contribution in [0.2, 0.25) is 5.02 Å². The van der Waals surface area contributed by atoms with Crippen molar-refractivity contribution in [2.24, 2.45) is 0 Å². The maximum atomic E-state index is 6.28. The van der Waals surface area contributed by atoms with Gasteiger partial charge in [0.2, 0.25) is 0 Å². The molecule has 0 amide bonds. The SMILES string of the molecule is CC1(C)CNc2cc(-c3csc(-c4ccccc4Cl)n3)ccc2O1. The van der Waals surface area contributed by atoms with Crippen LogP contribution in [0.25, 0.3) is 21.8 Å². The first kappa shape index (κ1) is 15.5. The van der Waals surface area contributed by atoms with E-state index in [1.807, 2.05) is 36.4 Å². The summed E-state index contributed by atoms with van der Waals surface area (Å²) in [6.45, 7) is 4.94. The van der Waals surface area contributed by atoms with Crippen LogP contribution < -0.4 is 10.1 Å². The third kappa shape index (κ3) is 2.87. The molecule has 1 aromatic heterocycles. The smallest absolute Gasteiger partial charge is 0.143 e. The standard InChI is InChI=1S/C19H17ClN2OS/c1-19(2)11-21-15-9-12(7-8-17(15)23-19)16-10-24-18(22-16)13-5-3-4-6-14(13)20/h3-10,21H,11H2,1-2H3. The highest BCUT2D eigenvalue weighted by Crippen LogP contribution is 2.38. The normalized spacial score (nSPS) is 15.3. The van der Waals surface area contributed by atoms with Crippen LogP contribution in [-0.2, 0) is 0 Å². The van der Waals surface area contributed by atoms with Gasteiger partial charge in [-0.25, -0.2) is 4.98 Å². The molecule has 3 nitrogen and oxygen atoms in total. The van der Waals surface area contributed by atoms with Crippen molar-refractivity contribution < 1.29 is 4.74 Å². The van der Waals surface area contributed by atoms with E-state index in [4.69, 9.17) is 21.3 Å². The molecule has 1 N–H and O–H groups in total. The Morgan fingerprint density at radius 3 is 2.88 bits per heavy atom. The van der Waals surface area contributed by atoms with Gasteiger partial charge in [0, 0.05) is 16.5 Å². The van der Waals surface area contributed by atoms with E-state index >= 15 is 0 Å². The molecule has 0 atom stereocenters. The molecule has 1 aliphatic rings. The van der Waals surface area contributed by atoms with E-state index in [9.17, 15) is 0 Å². The topological polar surface area (TPSA) is 34.2 Å². The van der Waals surface area contributed by atoms with Gasteiger partial charge in [-0.3, -0.25) is 0 Å². The zero-order chi connectivity index (χ0) is 16.7. The highest BCUT2D eigenvalue weighted by Gasteiger charge is 2.26. The fraction of sp³-hybridized carbons (Fsp3) is 0.211. The molecule has 0 saturated carbocycles. The molecule has 3 aromatic rings. The maximum absolute atomic E-state index is 6.28. The number of fused-ring (bicyclic) bond motifs is 1. The highest BCUT2D eigenvalue weighted by atomic mass is 35.5. The van der Waals surface area contributed by atoms with Gasteiger partial charge in [0.05, 0.1) is 22.9 Å². The van der Waals surface area contributed by atoms with Gasteiger partial charge in [-0.05, 0) is 38.1 Å². The second-order valence-electron chi connectivity index (χ2n) is 6.44. The zero-order valence-electron chi connectivity index (χ0n) is 13.5.